The van der Waals surface area contributed by atoms with Crippen LogP contribution in [0.5, 0.6) is 0 Å². The van der Waals surface area contributed by atoms with Crippen LogP contribution in [0.2, 0.25) is 0 Å². The highest BCUT2D eigenvalue weighted by Crippen LogP contribution is 2.24. The number of aliphatic hydroxyl groups excluding tert-OH is 1. The van der Waals surface area contributed by atoms with Crippen molar-refractivity contribution in [2.24, 2.45) is 0 Å². The molecule has 0 fully saturated rings. The Bertz CT molecular complexity index is 38.5. The van der Waals surface area contributed by atoms with Gasteiger partial charge in [0.05, 0.1) is 8.04 Å². The lowest BCUT2D eigenvalue weighted by molar-refractivity contribution is 0.300. The van der Waals surface area contributed by atoms with Crippen LogP contribution in [0.3, 0.4) is 0 Å². The molecule has 0 radical (unpaired) electrons. The first kappa shape index (κ1) is 7.42. The van der Waals surface area contributed by atoms with Crippen molar-refractivity contribution in [3.05, 3.63) is 0 Å². The predicted octanol–water partition coefficient (Wildman–Crippen LogP) is 1.56. The molecule has 0 aliphatic rings. The van der Waals surface area contributed by atoms with Gasteiger partial charge >= 0.3 is 0 Å². The topological polar surface area (TPSA) is 20.2 Å². The van der Waals surface area contributed by atoms with Crippen LogP contribution in [-0.2, 0) is 0 Å². The van der Waals surface area contributed by atoms with Gasteiger partial charge in [-0.25, -0.2) is 0 Å². The SMILES string of the molecule is CC(I)(I)CO. The standard InChI is InChI=1S/C3H6I2O/c1-3(4,5)2-6/h6H,2H2,1H3. The Balaban J connectivity index is 3.17. The molecule has 38 valence electrons. The summed E-state index contributed by atoms with van der Waals surface area (Å²) in [5.74, 6) is 0. The Hall–Kier alpha value is 1.42. The van der Waals surface area contributed by atoms with E-state index in [1.165, 1.54) is 0 Å². The summed E-state index contributed by atoms with van der Waals surface area (Å²) in [7, 11) is 0. The average Bonchev–Trinajstić information content (AvgIpc) is 1.35. The molecule has 0 spiro atoms. The minimum Gasteiger partial charge on any atom is -0.394 e. The van der Waals surface area contributed by atoms with E-state index < -0.39 is 0 Å². The molecular weight excluding hydrogens is 306 g/mol. The van der Waals surface area contributed by atoms with Gasteiger partial charge in [-0.2, -0.15) is 0 Å². The molecule has 0 bridgehead atoms. The number of alkyl halides is 2. The van der Waals surface area contributed by atoms with Crippen LogP contribution < -0.4 is 0 Å². The third kappa shape index (κ3) is 5.42. The van der Waals surface area contributed by atoms with Gasteiger partial charge in [0.2, 0.25) is 0 Å². The van der Waals surface area contributed by atoms with Gasteiger partial charge < -0.3 is 5.11 Å². The first-order valence-electron chi connectivity index (χ1n) is 1.55. The fourth-order valence-corrected chi connectivity index (χ4v) is 0. The maximum absolute atomic E-state index is 8.39. The van der Waals surface area contributed by atoms with Gasteiger partial charge in [0.1, 0.15) is 0 Å². The van der Waals surface area contributed by atoms with Gasteiger partial charge in [0.15, 0.2) is 0 Å². The quantitative estimate of drug-likeness (QED) is 0.576. The van der Waals surface area contributed by atoms with Crippen molar-refractivity contribution in [2.45, 2.75) is 8.35 Å². The second-order valence-corrected chi connectivity index (χ2v) is 8.05. The van der Waals surface area contributed by atoms with E-state index in [0.717, 1.165) is 0 Å². The van der Waals surface area contributed by atoms with Crippen molar-refractivity contribution in [1.82, 2.24) is 0 Å². The van der Waals surface area contributed by atoms with E-state index in [1.807, 2.05) is 6.92 Å². The highest BCUT2D eigenvalue weighted by atomic mass is 127. The zero-order valence-electron chi connectivity index (χ0n) is 3.41. The molecule has 3 heteroatoms. The summed E-state index contributed by atoms with van der Waals surface area (Å²) in [6.07, 6.45) is 0. The number of hydrogen-bond acceptors (Lipinski definition) is 1. The highest BCUT2D eigenvalue weighted by molar-refractivity contribution is 14.2. The molecule has 0 aliphatic carbocycles. The Morgan fingerprint density at radius 2 is 1.83 bits per heavy atom. The number of halogens is 2. The van der Waals surface area contributed by atoms with Crippen LogP contribution in [0.25, 0.3) is 0 Å². The number of hydrogen-bond donors (Lipinski definition) is 1. The largest absolute Gasteiger partial charge is 0.394 e. The van der Waals surface area contributed by atoms with E-state index in [9.17, 15) is 0 Å². The van der Waals surface area contributed by atoms with Crippen molar-refractivity contribution in [3.63, 3.8) is 0 Å². The monoisotopic (exact) mass is 312 g/mol. The molecule has 0 amide bonds. The molecule has 1 N–H and O–H groups in total. The van der Waals surface area contributed by atoms with Crippen molar-refractivity contribution < 1.29 is 5.11 Å². The summed E-state index contributed by atoms with van der Waals surface area (Å²) in [4.78, 5) is 0. The molecule has 6 heavy (non-hydrogen) atoms. The summed E-state index contributed by atoms with van der Waals surface area (Å²) in [5, 5.41) is 8.39. The third-order valence-electron chi connectivity index (χ3n) is 0.278. The molecule has 0 heterocycles. The average molecular weight is 312 g/mol. The smallest absolute Gasteiger partial charge is 0.0935 e. The Labute approximate surface area is 64.8 Å². The van der Waals surface area contributed by atoms with Crippen molar-refractivity contribution in [1.29, 1.82) is 0 Å². The van der Waals surface area contributed by atoms with Crippen LogP contribution in [0.1, 0.15) is 6.92 Å². The second-order valence-electron chi connectivity index (χ2n) is 1.23. The van der Waals surface area contributed by atoms with Crippen molar-refractivity contribution in [2.75, 3.05) is 6.61 Å². The molecule has 0 saturated carbocycles. The molecule has 0 aromatic heterocycles. The molecular formula is C3H6I2O. The zero-order chi connectivity index (χ0) is 5.21. The van der Waals surface area contributed by atoms with E-state index >= 15 is 0 Å². The summed E-state index contributed by atoms with van der Waals surface area (Å²) in [5.41, 5.74) is 0. The molecule has 0 rings (SSSR count). The normalized spacial score (nSPS) is 12.0. The molecule has 0 aliphatic heterocycles. The Morgan fingerprint density at radius 1 is 1.67 bits per heavy atom. The number of rotatable bonds is 1. The maximum Gasteiger partial charge on any atom is 0.0935 e. The van der Waals surface area contributed by atoms with E-state index in [-0.39, 0.29) is 8.04 Å². The van der Waals surface area contributed by atoms with E-state index in [2.05, 4.69) is 45.2 Å². The van der Waals surface area contributed by atoms with Gasteiger partial charge in [0, 0.05) is 0 Å². The lowest BCUT2D eigenvalue weighted by atomic mass is 10.5. The number of aliphatic hydroxyl groups is 1. The van der Waals surface area contributed by atoms with Gasteiger partial charge in [-0.15, -0.1) is 0 Å². The molecule has 0 unspecified atom stereocenters. The Kier molecular flexibility index (Phi) is 3.29. The predicted molar refractivity (Wildman–Crippen MR) is 43.5 cm³/mol. The minimum absolute atomic E-state index is 0.0372. The van der Waals surface area contributed by atoms with Crippen molar-refractivity contribution in [3.8, 4) is 0 Å². The summed E-state index contributed by atoms with van der Waals surface area (Å²) >= 11 is 4.35. The first-order valence-corrected chi connectivity index (χ1v) is 3.71. The van der Waals surface area contributed by atoms with E-state index in [0.29, 0.717) is 0 Å². The molecule has 0 aromatic carbocycles. The van der Waals surface area contributed by atoms with Gasteiger partial charge in [-0.3, -0.25) is 0 Å². The van der Waals surface area contributed by atoms with E-state index in [1.54, 1.807) is 0 Å². The highest BCUT2D eigenvalue weighted by Gasteiger charge is 2.10. The molecule has 1 nitrogen and oxygen atoms in total. The second kappa shape index (κ2) is 2.66. The van der Waals surface area contributed by atoms with Gasteiger partial charge in [-0.1, -0.05) is 45.2 Å². The first-order chi connectivity index (χ1) is 2.56. The molecule has 0 atom stereocenters. The van der Waals surface area contributed by atoms with Crippen LogP contribution in [0.4, 0.5) is 0 Å². The lowest BCUT2D eigenvalue weighted by Crippen LogP contribution is -2.08. The summed E-state index contributed by atoms with van der Waals surface area (Å²) in [6, 6.07) is 0. The van der Waals surface area contributed by atoms with Gasteiger partial charge in [0.25, 0.3) is 0 Å². The molecule has 0 aromatic rings. The minimum atomic E-state index is 0.0372. The zero-order valence-corrected chi connectivity index (χ0v) is 7.73. The fourth-order valence-electron chi connectivity index (χ4n) is 0. The Morgan fingerprint density at radius 3 is 1.83 bits per heavy atom. The maximum atomic E-state index is 8.39. The lowest BCUT2D eigenvalue weighted by Gasteiger charge is -2.06. The van der Waals surface area contributed by atoms with Crippen LogP contribution in [0, 0.1) is 0 Å². The molecule has 0 saturated heterocycles. The van der Waals surface area contributed by atoms with Crippen LogP contribution >= 0.6 is 45.2 Å². The van der Waals surface area contributed by atoms with E-state index in [4.69, 9.17) is 5.11 Å². The van der Waals surface area contributed by atoms with Gasteiger partial charge in [-0.05, 0) is 6.92 Å². The van der Waals surface area contributed by atoms with Crippen LogP contribution in [0.15, 0.2) is 0 Å². The summed E-state index contributed by atoms with van der Waals surface area (Å²) in [6.45, 7) is 2.21. The summed E-state index contributed by atoms with van der Waals surface area (Å²) < 4.78 is 0.0372. The fraction of sp³-hybridized carbons (Fsp3) is 1.00. The van der Waals surface area contributed by atoms with Crippen LogP contribution in [-0.4, -0.2) is 13.1 Å². The van der Waals surface area contributed by atoms with Crippen molar-refractivity contribution >= 4 is 45.2 Å². The third-order valence-corrected chi connectivity index (χ3v) is 0.960.